The van der Waals surface area contributed by atoms with Crippen LogP contribution in [0.1, 0.15) is 65.4 Å². The molecule has 3 rings (SSSR count). The molecule has 1 amide bonds. The second-order valence-electron chi connectivity index (χ2n) is 8.02. The van der Waals surface area contributed by atoms with Gasteiger partial charge in [0.15, 0.2) is 5.69 Å². The van der Waals surface area contributed by atoms with Gasteiger partial charge in [0.25, 0.3) is 5.91 Å². The molecule has 0 unspecified atom stereocenters. The van der Waals surface area contributed by atoms with E-state index in [2.05, 4.69) is 31.2 Å². The predicted octanol–water partition coefficient (Wildman–Crippen LogP) is 4.15. The van der Waals surface area contributed by atoms with E-state index < -0.39 is 5.97 Å². The number of anilines is 1. The molecule has 1 atom stereocenters. The summed E-state index contributed by atoms with van der Waals surface area (Å²) in [5, 5.41) is 7.70. The van der Waals surface area contributed by atoms with Crippen molar-refractivity contribution in [1.82, 2.24) is 9.78 Å². The van der Waals surface area contributed by atoms with Crippen molar-refractivity contribution in [3.8, 4) is 0 Å². The van der Waals surface area contributed by atoms with Gasteiger partial charge in [0.05, 0.1) is 12.7 Å². The average Bonchev–Trinajstić information content (AvgIpc) is 3.23. The Hall–Kier alpha value is -2.15. The lowest BCUT2D eigenvalue weighted by Gasteiger charge is -2.33. The zero-order chi connectivity index (χ0) is 19.8. The number of aromatic nitrogens is 2. The lowest BCUT2D eigenvalue weighted by atomic mass is 9.72. The second kappa shape index (κ2) is 7.46. The van der Waals surface area contributed by atoms with Crippen molar-refractivity contribution in [2.45, 2.75) is 53.5 Å². The van der Waals surface area contributed by atoms with Crippen LogP contribution < -0.4 is 5.32 Å². The maximum atomic E-state index is 12.6. The van der Waals surface area contributed by atoms with E-state index in [4.69, 9.17) is 4.74 Å². The molecular weight excluding hydrogens is 362 g/mol. The number of methoxy groups -OCH3 is 1. The molecule has 0 spiro atoms. The van der Waals surface area contributed by atoms with E-state index >= 15 is 0 Å². The number of carbonyl (C=O) groups excluding carboxylic acids is 2. The van der Waals surface area contributed by atoms with E-state index in [0.717, 1.165) is 24.8 Å². The summed E-state index contributed by atoms with van der Waals surface area (Å²) in [5.41, 5.74) is 2.09. The molecule has 7 heteroatoms. The highest BCUT2D eigenvalue weighted by Crippen LogP contribution is 2.44. The number of hydrogen-bond donors (Lipinski definition) is 1. The highest BCUT2D eigenvalue weighted by Gasteiger charge is 2.34. The Labute approximate surface area is 163 Å². The van der Waals surface area contributed by atoms with Crippen molar-refractivity contribution in [1.29, 1.82) is 0 Å². The molecule has 1 aliphatic carbocycles. The number of rotatable bonds is 4. The summed E-state index contributed by atoms with van der Waals surface area (Å²) in [4.78, 5) is 26.2. The number of hydrogen-bond acceptors (Lipinski definition) is 5. The number of esters is 1. The minimum atomic E-state index is -0.393. The van der Waals surface area contributed by atoms with E-state index in [0.29, 0.717) is 28.7 Å². The lowest BCUT2D eigenvalue weighted by Crippen LogP contribution is -2.26. The number of carbonyl (C=O) groups is 2. The molecule has 0 saturated heterocycles. The van der Waals surface area contributed by atoms with E-state index in [1.165, 1.54) is 23.3 Å². The van der Waals surface area contributed by atoms with Crippen LogP contribution in [0.3, 0.4) is 0 Å². The summed E-state index contributed by atoms with van der Waals surface area (Å²) in [7, 11) is 1.38. The van der Waals surface area contributed by atoms with E-state index in [9.17, 15) is 9.59 Å². The molecule has 0 radical (unpaired) electrons. The lowest BCUT2D eigenvalue weighted by molar-refractivity contribution is 0.0600. The minimum absolute atomic E-state index is 0.212. The van der Waals surface area contributed by atoms with Crippen LogP contribution in [-0.2, 0) is 24.1 Å². The molecule has 0 saturated carbocycles. The summed E-state index contributed by atoms with van der Waals surface area (Å²) in [6.07, 6.45) is 4.56. The highest BCUT2D eigenvalue weighted by atomic mass is 32.1. The maximum absolute atomic E-state index is 12.6. The van der Waals surface area contributed by atoms with Gasteiger partial charge >= 0.3 is 5.97 Å². The first-order valence-electron chi connectivity index (χ1n) is 9.32. The predicted molar refractivity (Wildman–Crippen MR) is 106 cm³/mol. The van der Waals surface area contributed by atoms with Crippen LogP contribution in [0.15, 0.2) is 12.3 Å². The summed E-state index contributed by atoms with van der Waals surface area (Å²) in [6, 6.07) is 1.68. The van der Waals surface area contributed by atoms with Crippen molar-refractivity contribution >= 4 is 28.2 Å². The molecule has 27 heavy (non-hydrogen) atoms. The van der Waals surface area contributed by atoms with Crippen LogP contribution in [0.5, 0.6) is 0 Å². The van der Waals surface area contributed by atoms with Gasteiger partial charge < -0.3 is 10.1 Å². The monoisotopic (exact) mass is 389 g/mol. The maximum Gasteiger partial charge on any atom is 0.341 e. The Kier molecular flexibility index (Phi) is 5.42. The van der Waals surface area contributed by atoms with Gasteiger partial charge in [-0.15, -0.1) is 11.3 Å². The fourth-order valence-corrected chi connectivity index (χ4v) is 4.87. The molecule has 1 N–H and O–H groups in total. The van der Waals surface area contributed by atoms with Crippen molar-refractivity contribution in [2.75, 3.05) is 12.4 Å². The average molecular weight is 390 g/mol. The Bertz CT molecular complexity index is 860. The van der Waals surface area contributed by atoms with Crippen LogP contribution in [0.25, 0.3) is 0 Å². The van der Waals surface area contributed by atoms with Crippen molar-refractivity contribution in [3.05, 3.63) is 34.0 Å². The Morgan fingerprint density at radius 3 is 2.74 bits per heavy atom. The van der Waals surface area contributed by atoms with Crippen molar-refractivity contribution in [3.63, 3.8) is 0 Å². The first-order chi connectivity index (χ1) is 12.7. The van der Waals surface area contributed by atoms with Crippen molar-refractivity contribution in [2.24, 2.45) is 11.3 Å². The smallest absolute Gasteiger partial charge is 0.341 e. The van der Waals surface area contributed by atoms with Gasteiger partial charge in [-0.2, -0.15) is 5.10 Å². The number of thiophene rings is 1. The molecule has 6 nitrogen and oxygen atoms in total. The fourth-order valence-electron chi connectivity index (χ4n) is 3.56. The zero-order valence-corrected chi connectivity index (χ0v) is 17.4. The summed E-state index contributed by atoms with van der Waals surface area (Å²) in [6.45, 7) is 9.42. The minimum Gasteiger partial charge on any atom is -0.465 e. The van der Waals surface area contributed by atoms with Gasteiger partial charge in [-0.1, -0.05) is 20.8 Å². The van der Waals surface area contributed by atoms with Gasteiger partial charge in [-0.25, -0.2) is 4.79 Å². The number of nitrogens with one attached hydrogen (secondary N) is 1. The Balaban J connectivity index is 1.92. The van der Waals surface area contributed by atoms with Crippen LogP contribution in [0.2, 0.25) is 0 Å². The summed E-state index contributed by atoms with van der Waals surface area (Å²) in [5.74, 6) is -0.146. The van der Waals surface area contributed by atoms with Crippen LogP contribution in [0.4, 0.5) is 5.00 Å². The molecular formula is C20H27N3O3S. The third-order valence-electron chi connectivity index (χ3n) is 5.30. The quantitative estimate of drug-likeness (QED) is 0.797. The zero-order valence-electron chi connectivity index (χ0n) is 16.6. The van der Waals surface area contributed by atoms with Gasteiger partial charge in [0, 0.05) is 17.6 Å². The first-order valence-corrected chi connectivity index (χ1v) is 10.1. The topological polar surface area (TPSA) is 73.2 Å². The van der Waals surface area contributed by atoms with Crippen molar-refractivity contribution < 1.29 is 14.3 Å². The van der Waals surface area contributed by atoms with E-state index in [1.807, 2.05) is 6.92 Å². The first kappa shape index (κ1) is 19.6. The molecule has 0 fully saturated rings. The standard InChI is InChI=1S/C20H27N3O3S/c1-6-23-10-9-14(22-23)17(24)21-18-16(19(25)26-5)13-8-7-12(20(2,3)4)11-15(13)27-18/h9-10,12H,6-8,11H2,1-5H3,(H,21,24)/t12-/m1/s1. The van der Waals surface area contributed by atoms with E-state index in [1.54, 1.807) is 16.9 Å². The van der Waals surface area contributed by atoms with E-state index in [-0.39, 0.29) is 11.3 Å². The largest absolute Gasteiger partial charge is 0.465 e. The van der Waals surface area contributed by atoms with Gasteiger partial charge in [-0.3, -0.25) is 9.48 Å². The fraction of sp³-hybridized carbons (Fsp3) is 0.550. The number of fused-ring (bicyclic) bond motifs is 1. The number of aryl methyl sites for hydroxylation is 1. The molecule has 0 aliphatic heterocycles. The Morgan fingerprint density at radius 1 is 1.41 bits per heavy atom. The van der Waals surface area contributed by atoms with Crippen LogP contribution in [0, 0.1) is 11.3 Å². The van der Waals surface area contributed by atoms with Gasteiger partial charge in [0.2, 0.25) is 0 Å². The molecule has 146 valence electrons. The highest BCUT2D eigenvalue weighted by molar-refractivity contribution is 7.17. The molecule has 2 aromatic heterocycles. The summed E-state index contributed by atoms with van der Waals surface area (Å²) < 4.78 is 6.70. The SMILES string of the molecule is CCn1ccc(C(=O)Nc2sc3c(c2C(=O)OC)CC[C@@H](C(C)(C)C)C3)n1. The summed E-state index contributed by atoms with van der Waals surface area (Å²) >= 11 is 1.49. The van der Waals surface area contributed by atoms with Gasteiger partial charge in [0.1, 0.15) is 5.00 Å². The molecule has 0 aromatic carbocycles. The number of amides is 1. The molecule has 1 aliphatic rings. The second-order valence-corrected chi connectivity index (χ2v) is 9.12. The normalized spacial score (nSPS) is 16.7. The van der Waals surface area contributed by atoms with Crippen LogP contribution >= 0.6 is 11.3 Å². The third kappa shape index (κ3) is 3.93. The van der Waals surface area contributed by atoms with Crippen LogP contribution in [-0.4, -0.2) is 28.8 Å². The molecule has 2 heterocycles. The molecule has 2 aromatic rings. The van der Waals surface area contributed by atoms with Gasteiger partial charge in [-0.05, 0) is 49.1 Å². The number of nitrogens with zero attached hydrogens (tertiary/aromatic N) is 2. The third-order valence-corrected chi connectivity index (χ3v) is 6.47. The Morgan fingerprint density at radius 2 is 2.15 bits per heavy atom. The number of ether oxygens (including phenoxy) is 1. The molecule has 0 bridgehead atoms.